The molecule has 1 aliphatic heterocycles. The number of aromatic nitrogens is 1. The number of anilines is 1. The number of aliphatic hydroxyl groups is 1. The summed E-state index contributed by atoms with van der Waals surface area (Å²) in [7, 11) is 0. The highest BCUT2D eigenvalue weighted by Gasteiger charge is 2.45. The number of carboxylic acid groups (broad SMARTS) is 1. The van der Waals surface area contributed by atoms with Crippen molar-refractivity contribution in [3.05, 3.63) is 23.9 Å². The zero-order valence-electron chi connectivity index (χ0n) is 13.0. The van der Waals surface area contributed by atoms with Gasteiger partial charge in [-0.2, -0.15) is 0 Å². The van der Waals surface area contributed by atoms with E-state index in [0.717, 1.165) is 25.3 Å². The molecule has 1 aromatic rings. The summed E-state index contributed by atoms with van der Waals surface area (Å²) in [5.41, 5.74) is 0.116. The first kappa shape index (κ1) is 15.3. The Morgan fingerprint density at radius 1 is 1.41 bits per heavy atom. The molecule has 1 saturated carbocycles. The van der Waals surface area contributed by atoms with Gasteiger partial charge in [0.2, 0.25) is 0 Å². The van der Waals surface area contributed by atoms with Crippen molar-refractivity contribution in [3.63, 3.8) is 0 Å². The van der Waals surface area contributed by atoms with E-state index in [4.69, 9.17) is 0 Å². The van der Waals surface area contributed by atoms with E-state index in [1.807, 2.05) is 18.2 Å². The first-order chi connectivity index (χ1) is 10.5. The molecule has 3 rings (SSSR count). The second kappa shape index (κ2) is 5.88. The summed E-state index contributed by atoms with van der Waals surface area (Å²) in [6.45, 7) is 3.14. The summed E-state index contributed by atoms with van der Waals surface area (Å²) in [6, 6.07) is 5.64. The van der Waals surface area contributed by atoms with Crippen LogP contribution < -0.4 is 4.90 Å². The Morgan fingerprint density at radius 3 is 2.64 bits per heavy atom. The molecule has 5 heteroatoms. The molecule has 1 saturated heterocycles. The molecular formula is C17H24N2O3. The molecule has 1 aromatic heterocycles. The summed E-state index contributed by atoms with van der Waals surface area (Å²) in [4.78, 5) is 18.4. The number of piperidine rings is 1. The Kier molecular flexibility index (Phi) is 4.08. The number of carboxylic acids is 1. The minimum absolute atomic E-state index is 0.542. The van der Waals surface area contributed by atoms with Gasteiger partial charge < -0.3 is 15.1 Å². The van der Waals surface area contributed by atoms with Crippen LogP contribution in [0.5, 0.6) is 0 Å². The van der Waals surface area contributed by atoms with E-state index in [1.165, 1.54) is 12.8 Å². The average Bonchev–Trinajstić information content (AvgIpc) is 3.32. The van der Waals surface area contributed by atoms with Gasteiger partial charge in [0.25, 0.3) is 0 Å². The number of aliphatic carboxylic acids is 1. The fourth-order valence-corrected chi connectivity index (χ4v) is 3.39. The number of hydrogen-bond donors (Lipinski definition) is 2. The number of nitrogens with zero attached hydrogens (tertiary/aromatic N) is 2. The molecule has 120 valence electrons. The zero-order chi connectivity index (χ0) is 15.7. The lowest BCUT2D eigenvalue weighted by Crippen LogP contribution is -2.45. The third kappa shape index (κ3) is 3.09. The van der Waals surface area contributed by atoms with Gasteiger partial charge in [-0.15, -0.1) is 0 Å². The van der Waals surface area contributed by atoms with Gasteiger partial charge in [0.05, 0.1) is 17.2 Å². The highest BCUT2D eigenvalue weighted by atomic mass is 16.4. The van der Waals surface area contributed by atoms with Crippen molar-refractivity contribution in [1.29, 1.82) is 0 Å². The van der Waals surface area contributed by atoms with E-state index in [9.17, 15) is 15.0 Å². The number of hydrogen-bond acceptors (Lipinski definition) is 4. The van der Waals surface area contributed by atoms with E-state index < -0.39 is 17.5 Å². The van der Waals surface area contributed by atoms with Crippen LogP contribution in [0.25, 0.3) is 0 Å². The molecule has 2 heterocycles. The summed E-state index contributed by atoms with van der Waals surface area (Å²) in [5, 5.41) is 19.3. The minimum atomic E-state index is -0.634. The lowest BCUT2D eigenvalue weighted by atomic mass is 9.74. The molecule has 2 aliphatic rings. The lowest BCUT2D eigenvalue weighted by molar-refractivity contribution is -0.151. The molecule has 0 radical (unpaired) electrons. The molecule has 0 bridgehead atoms. The van der Waals surface area contributed by atoms with Crippen LogP contribution in [-0.2, 0) is 4.79 Å². The molecule has 5 nitrogen and oxygen atoms in total. The highest BCUT2D eigenvalue weighted by Crippen LogP contribution is 2.46. The number of rotatable bonds is 5. The van der Waals surface area contributed by atoms with E-state index >= 15 is 0 Å². The Bertz CT molecular complexity index is 547. The second-order valence-electron chi connectivity index (χ2n) is 6.82. The second-order valence-corrected chi connectivity index (χ2v) is 6.82. The molecule has 2 fully saturated rings. The quantitative estimate of drug-likeness (QED) is 0.874. The van der Waals surface area contributed by atoms with Crippen LogP contribution in [0.15, 0.2) is 18.2 Å². The summed E-state index contributed by atoms with van der Waals surface area (Å²) in [5.74, 6) is 0.827. The Morgan fingerprint density at radius 2 is 2.09 bits per heavy atom. The Balaban J connectivity index is 1.70. The third-order valence-corrected chi connectivity index (χ3v) is 5.06. The van der Waals surface area contributed by atoms with Crippen molar-refractivity contribution in [2.45, 2.75) is 45.1 Å². The Hall–Kier alpha value is -1.62. The summed E-state index contributed by atoms with van der Waals surface area (Å²) >= 11 is 0. The van der Waals surface area contributed by atoms with Gasteiger partial charge in [0, 0.05) is 13.1 Å². The minimum Gasteiger partial charge on any atom is -0.481 e. The maximum absolute atomic E-state index is 11.8. The van der Waals surface area contributed by atoms with Gasteiger partial charge in [0.1, 0.15) is 5.82 Å². The average molecular weight is 304 g/mol. The van der Waals surface area contributed by atoms with Crippen molar-refractivity contribution in [2.24, 2.45) is 11.3 Å². The molecule has 22 heavy (non-hydrogen) atoms. The van der Waals surface area contributed by atoms with Crippen LogP contribution in [0.3, 0.4) is 0 Å². The van der Waals surface area contributed by atoms with Crippen molar-refractivity contribution in [3.8, 4) is 0 Å². The maximum atomic E-state index is 11.8. The van der Waals surface area contributed by atoms with Crippen LogP contribution in [0.4, 0.5) is 5.82 Å². The molecule has 2 N–H and O–H groups in total. The van der Waals surface area contributed by atoms with Gasteiger partial charge in [-0.05, 0) is 44.2 Å². The first-order valence-corrected chi connectivity index (χ1v) is 8.13. The largest absolute Gasteiger partial charge is 0.481 e. The van der Waals surface area contributed by atoms with Crippen LogP contribution in [0.2, 0.25) is 0 Å². The van der Waals surface area contributed by atoms with Gasteiger partial charge in [0.15, 0.2) is 0 Å². The van der Waals surface area contributed by atoms with E-state index in [1.54, 1.807) is 6.92 Å². The fourth-order valence-electron chi connectivity index (χ4n) is 3.39. The lowest BCUT2D eigenvalue weighted by Gasteiger charge is -2.39. The van der Waals surface area contributed by atoms with Gasteiger partial charge in [-0.25, -0.2) is 4.98 Å². The molecular weight excluding hydrogens is 280 g/mol. The smallest absolute Gasteiger partial charge is 0.309 e. The van der Waals surface area contributed by atoms with Crippen LogP contribution in [0.1, 0.15) is 50.8 Å². The van der Waals surface area contributed by atoms with Crippen molar-refractivity contribution < 1.29 is 15.0 Å². The standard InChI is InChI=1S/C17H24N2O3/c1-12(20)14-3-2-4-15(18-14)19-9-7-17(8-10-19,16(21)22)11-13-5-6-13/h2-4,12-13,20H,5-11H2,1H3,(H,21,22). The third-order valence-electron chi connectivity index (χ3n) is 5.06. The van der Waals surface area contributed by atoms with Crippen molar-refractivity contribution >= 4 is 11.8 Å². The molecule has 1 aliphatic carbocycles. The summed E-state index contributed by atoms with van der Waals surface area (Å²) < 4.78 is 0. The van der Waals surface area contributed by atoms with Gasteiger partial charge in [-0.3, -0.25) is 4.79 Å². The topological polar surface area (TPSA) is 73.7 Å². The van der Waals surface area contributed by atoms with Crippen molar-refractivity contribution in [1.82, 2.24) is 4.98 Å². The normalized spacial score (nSPS) is 22.4. The number of aliphatic hydroxyl groups excluding tert-OH is 1. The Labute approximate surface area is 131 Å². The monoisotopic (exact) mass is 304 g/mol. The predicted octanol–water partition coefficient (Wildman–Crippen LogP) is 2.61. The van der Waals surface area contributed by atoms with Crippen LogP contribution >= 0.6 is 0 Å². The molecule has 0 spiro atoms. The maximum Gasteiger partial charge on any atom is 0.309 e. The van der Waals surface area contributed by atoms with Crippen molar-refractivity contribution in [2.75, 3.05) is 18.0 Å². The SMILES string of the molecule is CC(O)c1cccc(N2CCC(CC3CC3)(C(=O)O)CC2)n1. The van der Waals surface area contributed by atoms with Crippen LogP contribution in [0, 0.1) is 11.3 Å². The fraction of sp³-hybridized carbons (Fsp3) is 0.647. The van der Waals surface area contributed by atoms with Crippen LogP contribution in [-0.4, -0.2) is 34.3 Å². The molecule has 1 unspecified atom stereocenters. The highest BCUT2D eigenvalue weighted by molar-refractivity contribution is 5.75. The van der Waals surface area contributed by atoms with Gasteiger partial charge >= 0.3 is 5.97 Å². The van der Waals surface area contributed by atoms with E-state index in [0.29, 0.717) is 24.5 Å². The first-order valence-electron chi connectivity index (χ1n) is 8.13. The zero-order valence-corrected chi connectivity index (χ0v) is 13.0. The molecule has 1 atom stereocenters. The van der Waals surface area contributed by atoms with E-state index in [2.05, 4.69) is 9.88 Å². The molecule has 0 amide bonds. The number of carbonyl (C=O) groups is 1. The summed E-state index contributed by atoms with van der Waals surface area (Å²) in [6.07, 6.45) is 3.99. The van der Waals surface area contributed by atoms with Gasteiger partial charge in [-0.1, -0.05) is 18.9 Å². The predicted molar refractivity (Wildman–Crippen MR) is 83.7 cm³/mol. The molecule has 0 aromatic carbocycles. The van der Waals surface area contributed by atoms with E-state index in [-0.39, 0.29) is 0 Å². The number of pyridine rings is 1.